The van der Waals surface area contributed by atoms with E-state index in [9.17, 15) is 4.39 Å². The first-order chi connectivity index (χ1) is 29.5. The molecule has 0 unspecified atom stereocenters. The maximum Gasteiger partial charge on any atom is 0.420 e. The van der Waals surface area contributed by atoms with Crippen LogP contribution in [0.1, 0.15) is 5.56 Å². The summed E-state index contributed by atoms with van der Waals surface area (Å²) in [5.74, 6) is -11.2. The Morgan fingerprint density at radius 3 is 1.23 bits per heavy atom. The van der Waals surface area contributed by atoms with Crippen molar-refractivity contribution < 1.29 is 35.1 Å². The Hall–Kier alpha value is -6.76. The summed E-state index contributed by atoms with van der Waals surface area (Å²) in [5, 5.41) is 5.23. The zero-order chi connectivity index (χ0) is 41.6. The van der Waals surface area contributed by atoms with E-state index < -0.39 is 63.3 Å². The molecule has 0 atom stereocenters. The molecule has 0 aliphatic carbocycles. The first-order valence-electron chi connectivity index (χ1n) is 19.0. The van der Waals surface area contributed by atoms with Gasteiger partial charge in [-0.25, -0.2) is 22.0 Å². The largest absolute Gasteiger partial charge is 0.420 e. The van der Waals surface area contributed by atoms with Crippen LogP contribution < -0.4 is 0 Å². The average molecular weight is 855 g/mol. The fourth-order valence-electron chi connectivity index (χ4n) is 9.29. The van der Waals surface area contributed by atoms with E-state index in [1.807, 2.05) is 72.8 Å². The molecule has 8 aromatic carbocycles. The topological polar surface area (TPSA) is 9.86 Å². The molecule has 0 aliphatic heterocycles. The fraction of sp³-hybridized carbons (Fsp3) is 0.0204. The highest BCUT2D eigenvalue weighted by atomic mass is 32.1. The Morgan fingerprint density at radius 1 is 0.393 bits per heavy atom. The normalized spacial score (nSPS) is 12.6. The summed E-state index contributed by atoms with van der Waals surface area (Å²) in [6.07, 6.45) is -5.16. The number of thiophene rings is 2. The molecule has 0 fully saturated rings. The lowest BCUT2D eigenvalue weighted by Gasteiger charge is -2.23. The lowest BCUT2D eigenvalue weighted by molar-refractivity contribution is -0.137. The highest BCUT2D eigenvalue weighted by Gasteiger charge is 2.41. The van der Waals surface area contributed by atoms with Crippen LogP contribution in [0.2, 0.25) is 0 Å². The monoisotopic (exact) mass is 854 g/mol. The van der Waals surface area contributed by atoms with Crippen LogP contribution in [0.3, 0.4) is 0 Å². The number of aromatic nitrogens is 2. The van der Waals surface area contributed by atoms with Crippen molar-refractivity contribution in [1.29, 1.82) is 0 Å². The summed E-state index contributed by atoms with van der Waals surface area (Å²) in [7, 11) is 0. The van der Waals surface area contributed by atoms with Gasteiger partial charge in [-0.2, -0.15) is 13.2 Å². The summed E-state index contributed by atoms with van der Waals surface area (Å²) in [6.45, 7) is 0. The number of benzene rings is 8. The van der Waals surface area contributed by atoms with Gasteiger partial charge in [-0.05, 0) is 54.1 Å². The van der Waals surface area contributed by atoms with E-state index in [-0.39, 0.29) is 0 Å². The minimum Gasteiger partial charge on any atom is -0.308 e. The molecule has 296 valence electrons. The summed E-state index contributed by atoms with van der Waals surface area (Å²) in [5.41, 5.74) is -2.87. The predicted molar refractivity (Wildman–Crippen MR) is 231 cm³/mol. The second-order valence-corrected chi connectivity index (χ2v) is 17.1. The fourth-order valence-corrected chi connectivity index (χ4v) is 11.5. The third-order valence-corrected chi connectivity index (χ3v) is 14.0. The van der Waals surface area contributed by atoms with Crippen LogP contribution in [0.5, 0.6) is 0 Å². The number of hydrogen-bond donors (Lipinski definition) is 0. The second kappa shape index (κ2) is 12.6. The SMILES string of the molecule is Fc1c(F)c(F)c(-c2cc(-n3c4ccccc4c4ccc5sc6ccccc6c5c43)c(C(F)(F)F)c(-n3c4ccccc4c4ccc5sc6ccccc6c5c43)c2)c(F)c1F. The molecule has 12 aromatic rings. The number of rotatable bonds is 3. The Morgan fingerprint density at radius 2 is 0.787 bits per heavy atom. The van der Waals surface area contributed by atoms with Gasteiger partial charge in [0.05, 0.1) is 39.0 Å². The third kappa shape index (κ3) is 4.88. The molecule has 4 heterocycles. The van der Waals surface area contributed by atoms with Gasteiger partial charge < -0.3 is 9.13 Å². The molecule has 0 spiro atoms. The van der Waals surface area contributed by atoms with Crippen LogP contribution in [-0.4, -0.2) is 9.13 Å². The first kappa shape index (κ1) is 36.1. The van der Waals surface area contributed by atoms with Crippen LogP contribution in [0.15, 0.2) is 133 Å². The van der Waals surface area contributed by atoms with E-state index in [0.717, 1.165) is 41.7 Å². The Bertz CT molecular complexity index is 3650. The predicted octanol–water partition coefficient (Wildman–Crippen LogP) is 16.0. The Kier molecular flexibility index (Phi) is 7.48. The number of hydrogen-bond acceptors (Lipinski definition) is 2. The second-order valence-electron chi connectivity index (χ2n) is 14.9. The van der Waals surface area contributed by atoms with Crippen LogP contribution in [0, 0.1) is 29.1 Å². The van der Waals surface area contributed by atoms with Gasteiger partial charge in [0.2, 0.25) is 5.82 Å². The van der Waals surface area contributed by atoms with E-state index in [2.05, 4.69) is 0 Å². The van der Waals surface area contributed by atoms with Gasteiger partial charge in [-0.3, -0.25) is 0 Å². The van der Waals surface area contributed by atoms with Gasteiger partial charge in [-0.1, -0.05) is 84.9 Å². The molecule has 0 bridgehead atoms. The molecule has 0 N–H and O–H groups in total. The molecule has 2 nitrogen and oxygen atoms in total. The van der Waals surface area contributed by atoms with Crippen molar-refractivity contribution in [2.75, 3.05) is 0 Å². The van der Waals surface area contributed by atoms with Gasteiger partial charge >= 0.3 is 6.18 Å². The van der Waals surface area contributed by atoms with Crippen molar-refractivity contribution in [1.82, 2.24) is 9.13 Å². The minimum absolute atomic E-state index is 0.333. The van der Waals surface area contributed by atoms with Crippen molar-refractivity contribution in [3.63, 3.8) is 0 Å². The zero-order valence-electron chi connectivity index (χ0n) is 30.9. The van der Waals surface area contributed by atoms with Crippen LogP contribution >= 0.6 is 22.7 Å². The van der Waals surface area contributed by atoms with E-state index in [1.165, 1.54) is 31.8 Å². The molecular formula is C49H22F8N2S2. The number of alkyl halides is 3. The molecule has 0 amide bonds. The quantitative estimate of drug-likeness (QED) is 0.0952. The molecule has 0 radical (unpaired) electrons. The van der Waals surface area contributed by atoms with E-state index in [1.54, 1.807) is 48.5 Å². The zero-order valence-corrected chi connectivity index (χ0v) is 32.6. The third-order valence-electron chi connectivity index (χ3n) is 11.7. The summed E-state index contributed by atoms with van der Waals surface area (Å²) in [6, 6.07) is 38.0. The van der Waals surface area contributed by atoms with E-state index in [4.69, 9.17) is 0 Å². The maximum absolute atomic E-state index is 16.6. The van der Waals surface area contributed by atoms with Crippen LogP contribution in [0.25, 0.3) is 106 Å². The van der Waals surface area contributed by atoms with E-state index in [0.29, 0.717) is 54.4 Å². The van der Waals surface area contributed by atoms with Gasteiger partial charge in [0.25, 0.3) is 0 Å². The highest BCUT2D eigenvalue weighted by molar-refractivity contribution is 7.26. The van der Waals surface area contributed by atoms with Gasteiger partial charge in [0.1, 0.15) is 5.56 Å². The Balaban J connectivity index is 1.36. The molecule has 4 aromatic heterocycles. The molecule has 12 rings (SSSR count). The smallest absolute Gasteiger partial charge is 0.308 e. The first-order valence-corrected chi connectivity index (χ1v) is 20.6. The molecular weight excluding hydrogens is 833 g/mol. The van der Waals surface area contributed by atoms with Crippen LogP contribution in [-0.2, 0) is 6.18 Å². The van der Waals surface area contributed by atoms with Crippen molar-refractivity contribution >= 4 is 107 Å². The van der Waals surface area contributed by atoms with E-state index >= 15 is 30.7 Å². The standard InChI is InChI=1S/C49H22F8N2S2/c50-42-38(43(51)45(53)46(54)44(42)52)23-21-32(58-30-13-5-1-9-24(30)26-17-19-36-39(47(26)58)28-11-3-7-15-34(28)60-36)41(49(55,56)57)33(22-23)59-31-14-6-2-10-25(31)27-18-20-37-40(48(27)59)29-12-4-8-16-35(29)61-37/h1-22H. The Labute approximate surface area is 346 Å². The van der Waals surface area contributed by atoms with Gasteiger partial charge in [0, 0.05) is 61.9 Å². The number of nitrogens with zero attached hydrogens (tertiary/aromatic N) is 2. The summed E-state index contributed by atoms with van der Waals surface area (Å²) in [4.78, 5) is 0. The molecule has 0 saturated heterocycles. The summed E-state index contributed by atoms with van der Waals surface area (Å²) < 4.78 is 133. The van der Waals surface area contributed by atoms with Crippen molar-refractivity contribution in [2.45, 2.75) is 6.18 Å². The highest BCUT2D eigenvalue weighted by Crippen LogP contribution is 2.50. The van der Waals surface area contributed by atoms with Crippen molar-refractivity contribution in [3.8, 4) is 22.5 Å². The maximum atomic E-state index is 16.6. The molecule has 61 heavy (non-hydrogen) atoms. The lowest BCUT2D eigenvalue weighted by atomic mass is 9.97. The number of halogens is 8. The van der Waals surface area contributed by atoms with Gasteiger partial charge in [-0.15, -0.1) is 22.7 Å². The molecule has 12 heteroatoms. The average Bonchev–Trinajstić information content (AvgIpc) is 4.01. The lowest BCUT2D eigenvalue weighted by Crippen LogP contribution is -2.16. The van der Waals surface area contributed by atoms with Crippen molar-refractivity contribution in [2.24, 2.45) is 0 Å². The number of para-hydroxylation sites is 2. The summed E-state index contributed by atoms with van der Waals surface area (Å²) >= 11 is 2.92. The van der Waals surface area contributed by atoms with Crippen LogP contribution in [0.4, 0.5) is 35.1 Å². The van der Waals surface area contributed by atoms with Gasteiger partial charge in [0.15, 0.2) is 23.3 Å². The van der Waals surface area contributed by atoms with Crippen molar-refractivity contribution in [3.05, 3.63) is 168 Å². The number of fused-ring (bicyclic) bond motifs is 14. The minimum atomic E-state index is -5.16. The molecule has 0 aliphatic rings. The molecule has 0 saturated carbocycles.